The Balaban J connectivity index is 1.33. The first-order valence-electron chi connectivity index (χ1n) is 13.3. The van der Waals surface area contributed by atoms with Crippen molar-refractivity contribution in [3.63, 3.8) is 0 Å². The molecule has 4 aromatic carbocycles. The highest BCUT2D eigenvalue weighted by Crippen LogP contribution is 2.38. The van der Waals surface area contributed by atoms with Crippen molar-refractivity contribution in [3.8, 4) is 11.5 Å². The fourth-order valence-corrected chi connectivity index (χ4v) is 4.22. The highest BCUT2D eigenvalue weighted by Gasteiger charge is 2.38. The van der Waals surface area contributed by atoms with Crippen LogP contribution in [-0.4, -0.2) is 6.03 Å². The van der Waals surface area contributed by atoms with Gasteiger partial charge in [0.2, 0.25) is 0 Å². The largest absolute Gasteiger partial charge is 0.489 e. The summed E-state index contributed by atoms with van der Waals surface area (Å²) in [4.78, 5) is 12.4. The fourth-order valence-electron chi connectivity index (χ4n) is 4.22. The molecule has 256 valence electrons. The van der Waals surface area contributed by atoms with Gasteiger partial charge < -0.3 is 20.1 Å². The van der Waals surface area contributed by atoms with Crippen LogP contribution in [-0.2, 0) is 37.9 Å². The summed E-state index contributed by atoms with van der Waals surface area (Å²) in [7, 11) is 0. The normalized spacial score (nSPS) is 12.4. The number of urea groups is 1. The van der Waals surface area contributed by atoms with Crippen LogP contribution in [0, 0.1) is 0 Å². The molecule has 0 bridgehead atoms. The minimum absolute atomic E-state index is 0.0189. The number of alkyl halides is 12. The highest BCUT2D eigenvalue weighted by atomic mass is 19.4. The molecule has 0 saturated carbocycles. The Kier molecular flexibility index (Phi) is 10.1. The molecule has 0 fully saturated rings. The van der Waals surface area contributed by atoms with Crippen molar-refractivity contribution >= 4 is 17.4 Å². The van der Waals surface area contributed by atoms with Crippen LogP contribution < -0.4 is 20.1 Å². The van der Waals surface area contributed by atoms with Crippen LogP contribution in [0.3, 0.4) is 0 Å². The monoisotopic (exact) mass is 696 g/mol. The predicted octanol–water partition coefficient (Wildman–Crippen LogP) is 10.6. The number of hydrogen-bond donors (Lipinski definition) is 2. The Bertz CT molecular complexity index is 1600. The van der Waals surface area contributed by atoms with Crippen molar-refractivity contribution in [2.24, 2.45) is 0 Å². The minimum atomic E-state index is -4.93. The van der Waals surface area contributed by atoms with Gasteiger partial charge in [-0.1, -0.05) is 0 Å². The van der Waals surface area contributed by atoms with E-state index in [9.17, 15) is 57.5 Å². The Labute approximate surface area is 263 Å². The van der Waals surface area contributed by atoms with Crippen LogP contribution >= 0.6 is 0 Å². The summed E-state index contributed by atoms with van der Waals surface area (Å²) < 4.78 is 168. The number of rotatable bonds is 8. The van der Waals surface area contributed by atoms with Gasteiger partial charge in [0.15, 0.2) is 0 Å². The molecule has 0 aliphatic rings. The number of ether oxygens (including phenoxy) is 2. The lowest BCUT2D eigenvalue weighted by Gasteiger charge is -2.16. The summed E-state index contributed by atoms with van der Waals surface area (Å²) in [5.41, 5.74) is -6.28. The van der Waals surface area contributed by atoms with Gasteiger partial charge in [0, 0.05) is 22.5 Å². The first-order chi connectivity index (χ1) is 22.2. The third-order valence-corrected chi connectivity index (χ3v) is 6.49. The van der Waals surface area contributed by atoms with E-state index in [0.717, 1.165) is 0 Å². The standard InChI is InChI=1S/C31H20F12N2O3/c32-28(33,34)19-1-11-25(30(38,39)40)17(13-19)15-47-23-7-3-21(4-8-23)44-27(46)45-22-5-9-24(10-6-22)48-16-18-14-20(29(35,36)37)2-12-26(18)31(41,42)43/h1-14H,15-16H2,(H2,44,45,46). The molecule has 2 N–H and O–H groups in total. The van der Waals surface area contributed by atoms with Crippen LogP contribution in [0.25, 0.3) is 0 Å². The van der Waals surface area contributed by atoms with Crippen LogP contribution in [0.5, 0.6) is 11.5 Å². The molecule has 0 unspecified atom stereocenters. The summed E-state index contributed by atoms with van der Waals surface area (Å²) in [6.07, 6.45) is -19.6. The fraction of sp³-hybridized carbons (Fsp3) is 0.194. The van der Waals surface area contributed by atoms with E-state index in [1.54, 1.807) is 0 Å². The smallest absolute Gasteiger partial charge is 0.416 e. The van der Waals surface area contributed by atoms with Gasteiger partial charge in [-0.15, -0.1) is 0 Å². The molecule has 0 saturated heterocycles. The van der Waals surface area contributed by atoms with Gasteiger partial charge >= 0.3 is 30.7 Å². The van der Waals surface area contributed by atoms with Crippen molar-refractivity contribution < 1.29 is 67.0 Å². The molecule has 0 radical (unpaired) electrons. The van der Waals surface area contributed by atoms with E-state index in [2.05, 4.69) is 10.6 Å². The topological polar surface area (TPSA) is 59.6 Å². The lowest BCUT2D eigenvalue weighted by molar-refractivity contribution is -0.142. The summed E-state index contributed by atoms with van der Waals surface area (Å²) in [6.45, 7) is -1.68. The van der Waals surface area contributed by atoms with Crippen LogP contribution in [0.15, 0.2) is 84.9 Å². The Morgan fingerprint density at radius 1 is 0.479 bits per heavy atom. The number of benzene rings is 4. The molecular weight excluding hydrogens is 676 g/mol. The molecule has 17 heteroatoms. The van der Waals surface area contributed by atoms with E-state index < -0.39 is 77.3 Å². The van der Waals surface area contributed by atoms with Crippen molar-refractivity contribution in [2.45, 2.75) is 37.9 Å². The average molecular weight is 696 g/mol. The lowest BCUT2D eigenvalue weighted by Crippen LogP contribution is -2.19. The maximum absolute atomic E-state index is 13.3. The van der Waals surface area contributed by atoms with E-state index >= 15 is 0 Å². The molecule has 0 aliphatic carbocycles. The third kappa shape index (κ3) is 9.48. The van der Waals surface area contributed by atoms with Crippen LogP contribution in [0.4, 0.5) is 68.9 Å². The van der Waals surface area contributed by atoms with Gasteiger partial charge in [-0.05, 0) is 84.9 Å². The van der Waals surface area contributed by atoms with Crippen molar-refractivity contribution in [1.29, 1.82) is 0 Å². The number of nitrogens with one attached hydrogen (secondary N) is 2. The molecule has 4 aromatic rings. The number of amides is 2. The van der Waals surface area contributed by atoms with Gasteiger partial charge in [-0.3, -0.25) is 0 Å². The molecule has 4 rings (SSSR count). The van der Waals surface area contributed by atoms with Crippen molar-refractivity contribution in [3.05, 3.63) is 118 Å². The van der Waals surface area contributed by atoms with E-state index in [4.69, 9.17) is 9.47 Å². The van der Waals surface area contributed by atoms with Crippen molar-refractivity contribution in [1.82, 2.24) is 0 Å². The summed E-state index contributed by atoms with van der Waals surface area (Å²) >= 11 is 0. The summed E-state index contributed by atoms with van der Waals surface area (Å²) in [6, 6.07) is 11.4. The second kappa shape index (κ2) is 13.6. The molecular formula is C31H20F12N2O3. The predicted molar refractivity (Wildman–Crippen MR) is 147 cm³/mol. The van der Waals surface area contributed by atoms with Crippen LogP contribution in [0.2, 0.25) is 0 Å². The Morgan fingerprint density at radius 3 is 1.10 bits per heavy atom. The first-order valence-corrected chi connectivity index (χ1v) is 13.3. The van der Waals surface area contributed by atoms with Crippen molar-refractivity contribution in [2.75, 3.05) is 10.6 Å². The van der Waals surface area contributed by atoms with Gasteiger partial charge in [-0.2, -0.15) is 52.7 Å². The van der Waals surface area contributed by atoms with Gasteiger partial charge in [0.05, 0.1) is 22.3 Å². The highest BCUT2D eigenvalue weighted by molar-refractivity contribution is 5.99. The average Bonchev–Trinajstić information content (AvgIpc) is 2.98. The molecule has 2 amide bonds. The Morgan fingerprint density at radius 2 is 0.812 bits per heavy atom. The third-order valence-electron chi connectivity index (χ3n) is 6.49. The lowest BCUT2D eigenvalue weighted by atomic mass is 10.0. The zero-order valence-electron chi connectivity index (χ0n) is 23.8. The van der Waals surface area contributed by atoms with Gasteiger partial charge in [0.1, 0.15) is 24.7 Å². The summed E-state index contributed by atoms with van der Waals surface area (Å²) in [5.74, 6) is -0.0378. The molecule has 0 aliphatic heterocycles. The zero-order chi connectivity index (χ0) is 35.5. The minimum Gasteiger partial charge on any atom is -0.489 e. The molecule has 0 aromatic heterocycles. The van der Waals surface area contributed by atoms with Crippen LogP contribution in [0.1, 0.15) is 33.4 Å². The quantitative estimate of drug-likeness (QED) is 0.180. The zero-order valence-corrected chi connectivity index (χ0v) is 23.8. The molecule has 0 atom stereocenters. The number of carbonyl (C=O) groups is 1. The molecule has 0 heterocycles. The van der Waals surface area contributed by atoms with E-state index in [1.807, 2.05) is 0 Å². The maximum atomic E-state index is 13.3. The van der Waals surface area contributed by atoms with E-state index in [0.29, 0.717) is 36.4 Å². The van der Waals surface area contributed by atoms with E-state index in [1.165, 1.54) is 48.5 Å². The number of hydrogen-bond acceptors (Lipinski definition) is 3. The van der Waals surface area contributed by atoms with Gasteiger partial charge in [0.25, 0.3) is 0 Å². The summed E-state index contributed by atoms with van der Waals surface area (Å²) in [5, 5.41) is 4.87. The van der Waals surface area contributed by atoms with Gasteiger partial charge in [-0.25, -0.2) is 4.79 Å². The van der Waals surface area contributed by atoms with E-state index in [-0.39, 0.29) is 22.9 Å². The number of anilines is 2. The number of carbonyl (C=O) groups excluding carboxylic acids is 1. The maximum Gasteiger partial charge on any atom is 0.416 e. The second-order valence-electron chi connectivity index (χ2n) is 9.94. The molecule has 5 nitrogen and oxygen atoms in total. The number of halogens is 12. The first kappa shape index (κ1) is 35.8. The molecule has 0 spiro atoms. The second-order valence-corrected chi connectivity index (χ2v) is 9.94. The SMILES string of the molecule is O=C(Nc1ccc(OCc2cc(C(F)(F)F)ccc2C(F)(F)F)cc1)Nc1ccc(OCc2cc(C(F)(F)F)ccc2C(F)(F)F)cc1. The molecule has 48 heavy (non-hydrogen) atoms. The Hall–Kier alpha value is -5.09.